The number of nitrogens with zero attached hydrogens (tertiary/aromatic N) is 8. The molecule has 0 N–H and O–H groups in total. The monoisotopic (exact) mass is 436 g/mol. The molecule has 160 valence electrons. The topological polar surface area (TPSA) is 94.1 Å². The van der Waals surface area contributed by atoms with Gasteiger partial charge in [-0.1, -0.05) is 23.9 Å². The van der Waals surface area contributed by atoms with Gasteiger partial charge in [0.15, 0.2) is 0 Å². The van der Waals surface area contributed by atoms with Crippen LogP contribution in [0.25, 0.3) is 11.5 Å². The van der Waals surface area contributed by atoms with Crippen LogP contribution in [-0.4, -0.2) is 58.5 Å². The zero-order chi connectivity index (χ0) is 22.1. The van der Waals surface area contributed by atoms with Crippen molar-refractivity contribution in [3.63, 3.8) is 0 Å². The van der Waals surface area contributed by atoms with Crippen molar-refractivity contribution in [2.45, 2.75) is 38.4 Å². The van der Waals surface area contributed by atoms with Crippen LogP contribution in [0.3, 0.4) is 0 Å². The maximum Gasteiger partial charge on any atom is 0.253 e. The fourth-order valence-electron chi connectivity index (χ4n) is 3.49. The molecule has 10 heteroatoms. The summed E-state index contributed by atoms with van der Waals surface area (Å²) in [5.74, 6) is 0.579. The maximum atomic E-state index is 13.1. The number of carbonyl (C=O) groups is 1. The molecule has 1 atom stereocenters. The molecule has 3 heterocycles. The van der Waals surface area contributed by atoms with Gasteiger partial charge < -0.3 is 4.90 Å². The highest BCUT2D eigenvalue weighted by atomic mass is 32.2. The lowest BCUT2D eigenvalue weighted by molar-refractivity contribution is -0.131. The van der Waals surface area contributed by atoms with Crippen LogP contribution < -0.4 is 0 Å². The Morgan fingerprint density at radius 2 is 1.94 bits per heavy atom. The van der Waals surface area contributed by atoms with E-state index in [1.54, 1.807) is 20.4 Å². The molecular formula is C21H24N8OS. The van der Waals surface area contributed by atoms with Gasteiger partial charge in [0.1, 0.15) is 12.7 Å². The molecule has 0 aliphatic heterocycles. The first-order chi connectivity index (χ1) is 14.9. The highest BCUT2D eigenvalue weighted by Gasteiger charge is 2.21. The van der Waals surface area contributed by atoms with Crippen LogP contribution in [0, 0.1) is 13.8 Å². The minimum absolute atomic E-state index is 0.0189. The number of hydrogen-bond acceptors (Lipinski definition) is 7. The summed E-state index contributed by atoms with van der Waals surface area (Å²) < 4.78 is 3.42. The highest BCUT2D eigenvalue weighted by molar-refractivity contribution is 7.98. The van der Waals surface area contributed by atoms with E-state index in [1.165, 1.54) is 18.1 Å². The largest absolute Gasteiger partial charge is 0.339 e. The molecule has 1 aromatic carbocycles. The van der Waals surface area contributed by atoms with Crippen LogP contribution in [-0.2, 0) is 11.2 Å². The van der Waals surface area contributed by atoms with Crippen molar-refractivity contribution >= 4 is 23.4 Å². The molecule has 0 spiro atoms. The Hall–Kier alpha value is -3.27. The Morgan fingerprint density at radius 1 is 1.19 bits per heavy atom. The second-order valence-electron chi connectivity index (χ2n) is 7.36. The molecule has 0 bridgehead atoms. The average molecular weight is 437 g/mol. The summed E-state index contributed by atoms with van der Waals surface area (Å²) in [6.45, 7) is 5.89. The first-order valence-corrected chi connectivity index (χ1v) is 11.1. The lowest BCUT2D eigenvalue weighted by atomic mass is 10.0. The van der Waals surface area contributed by atoms with E-state index in [-0.39, 0.29) is 18.4 Å². The molecule has 4 rings (SSSR count). The zero-order valence-corrected chi connectivity index (χ0v) is 19.0. The van der Waals surface area contributed by atoms with Crippen LogP contribution in [0.5, 0.6) is 0 Å². The minimum Gasteiger partial charge on any atom is -0.339 e. The molecular weight excluding hydrogens is 412 g/mol. The smallest absolute Gasteiger partial charge is 0.253 e. The van der Waals surface area contributed by atoms with Gasteiger partial charge in [0.25, 0.3) is 5.78 Å². The quantitative estimate of drug-likeness (QED) is 0.429. The molecule has 4 aromatic rings. The van der Waals surface area contributed by atoms with Gasteiger partial charge in [0, 0.05) is 24.0 Å². The van der Waals surface area contributed by atoms with Crippen molar-refractivity contribution in [1.29, 1.82) is 0 Å². The SMILES string of the molecule is CSc1nc2nc(C)c(CC(=O)N(C)[C@@H](C)c3ccc(-n4cncn4)cc3)c(C)n2n1. The number of thioether (sulfide) groups is 1. The number of aromatic nitrogens is 7. The molecule has 1 amide bonds. The van der Waals surface area contributed by atoms with Crippen molar-refractivity contribution in [3.05, 3.63) is 59.4 Å². The van der Waals surface area contributed by atoms with Crippen molar-refractivity contribution in [2.24, 2.45) is 0 Å². The summed E-state index contributed by atoms with van der Waals surface area (Å²) in [7, 11) is 1.83. The number of carbonyl (C=O) groups excluding carboxylic acids is 1. The van der Waals surface area contributed by atoms with Crippen molar-refractivity contribution in [1.82, 2.24) is 39.2 Å². The van der Waals surface area contributed by atoms with Gasteiger partial charge in [-0.25, -0.2) is 19.2 Å². The number of fused-ring (bicyclic) bond motifs is 1. The van der Waals surface area contributed by atoms with E-state index < -0.39 is 0 Å². The van der Waals surface area contributed by atoms with Crippen molar-refractivity contribution in [3.8, 4) is 5.69 Å². The van der Waals surface area contributed by atoms with E-state index in [0.29, 0.717) is 10.9 Å². The second-order valence-corrected chi connectivity index (χ2v) is 8.13. The van der Waals surface area contributed by atoms with Crippen LogP contribution in [0.15, 0.2) is 42.1 Å². The fourth-order valence-corrected chi connectivity index (χ4v) is 3.83. The predicted molar refractivity (Wildman–Crippen MR) is 118 cm³/mol. The van der Waals surface area contributed by atoms with Crippen molar-refractivity contribution < 1.29 is 4.79 Å². The van der Waals surface area contributed by atoms with E-state index in [2.05, 4.69) is 25.1 Å². The lowest BCUT2D eigenvalue weighted by Gasteiger charge is -2.26. The Labute approximate surface area is 184 Å². The number of benzene rings is 1. The Balaban J connectivity index is 1.53. The minimum atomic E-state index is -0.0796. The molecule has 0 radical (unpaired) electrons. The van der Waals surface area contributed by atoms with E-state index in [9.17, 15) is 4.79 Å². The normalized spacial score (nSPS) is 12.3. The molecule has 31 heavy (non-hydrogen) atoms. The third kappa shape index (κ3) is 4.02. The summed E-state index contributed by atoms with van der Waals surface area (Å²) in [6, 6.07) is 7.88. The van der Waals surface area contributed by atoms with Gasteiger partial charge in [0.2, 0.25) is 11.1 Å². The fraction of sp³-hybridized carbons (Fsp3) is 0.333. The van der Waals surface area contributed by atoms with Crippen LogP contribution in [0.1, 0.15) is 35.5 Å². The van der Waals surface area contributed by atoms with E-state index >= 15 is 0 Å². The summed E-state index contributed by atoms with van der Waals surface area (Å²) in [5.41, 5.74) is 4.54. The summed E-state index contributed by atoms with van der Waals surface area (Å²) in [6.07, 6.45) is 5.34. The molecule has 9 nitrogen and oxygen atoms in total. The standard InChI is InChI=1S/C21H24N8OS/c1-13-18(15(3)29-20(24-13)25-21(26-29)31-5)10-19(30)27(4)14(2)16-6-8-17(9-7-16)28-12-22-11-23-28/h6-9,11-12,14H,10H2,1-5H3/t14-/m0/s1. The van der Waals surface area contributed by atoms with E-state index in [4.69, 9.17) is 0 Å². The lowest BCUT2D eigenvalue weighted by Crippen LogP contribution is -2.31. The third-order valence-corrected chi connectivity index (χ3v) is 6.11. The zero-order valence-electron chi connectivity index (χ0n) is 18.1. The first-order valence-electron chi connectivity index (χ1n) is 9.86. The highest BCUT2D eigenvalue weighted by Crippen LogP contribution is 2.23. The Kier molecular flexibility index (Phi) is 5.73. The van der Waals surface area contributed by atoms with Crippen LogP contribution in [0.2, 0.25) is 0 Å². The second kappa shape index (κ2) is 8.46. The summed E-state index contributed by atoms with van der Waals surface area (Å²) in [5, 5.41) is 9.27. The third-order valence-electron chi connectivity index (χ3n) is 5.57. The van der Waals surface area contributed by atoms with Crippen LogP contribution >= 0.6 is 11.8 Å². The van der Waals surface area contributed by atoms with E-state index in [1.807, 2.05) is 58.3 Å². The number of likely N-dealkylation sites (N-methyl/N-ethyl adjacent to an activating group) is 1. The van der Waals surface area contributed by atoms with E-state index in [0.717, 1.165) is 28.2 Å². The molecule has 0 saturated carbocycles. The Bertz CT molecular complexity index is 1220. The van der Waals surface area contributed by atoms with Gasteiger partial charge in [-0.3, -0.25) is 4.79 Å². The first kappa shape index (κ1) is 21.0. The molecule has 0 aliphatic rings. The molecule has 0 unspecified atom stereocenters. The Morgan fingerprint density at radius 3 is 2.58 bits per heavy atom. The van der Waals surface area contributed by atoms with Gasteiger partial charge >= 0.3 is 0 Å². The molecule has 0 aliphatic carbocycles. The number of amides is 1. The van der Waals surface area contributed by atoms with Gasteiger partial charge in [0.05, 0.1) is 18.2 Å². The van der Waals surface area contributed by atoms with Crippen LogP contribution in [0.4, 0.5) is 0 Å². The number of hydrogen-bond donors (Lipinski definition) is 0. The van der Waals surface area contributed by atoms with Gasteiger partial charge in [-0.2, -0.15) is 10.1 Å². The number of aryl methyl sites for hydroxylation is 2. The molecule has 3 aromatic heterocycles. The van der Waals surface area contributed by atoms with Gasteiger partial charge in [-0.15, -0.1) is 5.10 Å². The molecule has 0 fully saturated rings. The van der Waals surface area contributed by atoms with Gasteiger partial charge in [-0.05, 0) is 44.7 Å². The average Bonchev–Trinajstić information content (AvgIpc) is 3.45. The summed E-state index contributed by atoms with van der Waals surface area (Å²) in [4.78, 5) is 27.8. The number of rotatable bonds is 6. The van der Waals surface area contributed by atoms with Crippen molar-refractivity contribution in [2.75, 3.05) is 13.3 Å². The summed E-state index contributed by atoms with van der Waals surface area (Å²) >= 11 is 1.47. The molecule has 0 saturated heterocycles. The predicted octanol–water partition coefficient (Wildman–Crippen LogP) is 2.81. The maximum absolute atomic E-state index is 13.1.